The van der Waals surface area contributed by atoms with E-state index in [1.807, 2.05) is 13.8 Å². The number of hydrogen-bond acceptors (Lipinski definition) is 6. The molecule has 8 heteroatoms. The maximum absolute atomic E-state index is 12.7. The summed E-state index contributed by atoms with van der Waals surface area (Å²) in [6.45, 7) is 10.3. The molecule has 0 atom stereocenters. The third-order valence-electron chi connectivity index (χ3n) is 3.93. The zero-order chi connectivity index (χ0) is 17.2. The Labute approximate surface area is 135 Å². The molecule has 0 N–H and O–H groups in total. The molecule has 1 aliphatic heterocycles. The largest absolute Gasteiger partial charge is 0.472 e. The number of amides is 1. The Bertz CT molecular complexity index is 613. The SMILES string of the molecule is CCN(CC)CCN1C(=O)C(C)(C)Oc2ccc([N+](=O)[O-])nc21. The van der Waals surface area contributed by atoms with Gasteiger partial charge in [0.2, 0.25) is 0 Å². The molecule has 0 saturated heterocycles. The lowest BCUT2D eigenvalue weighted by Crippen LogP contribution is -2.54. The van der Waals surface area contributed by atoms with Crippen LogP contribution < -0.4 is 9.64 Å². The summed E-state index contributed by atoms with van der Waals surface area (Å²) < 4.78 is 5.67. The number of fused-ring (bicyclic) bond motifs is 1. The molecule has 0 aliphatic carbocycles. The Morgan fingerprint density at radius 1 is 1.35 bits per heavy atom. The van der Waals surface area contributed by atoms with Crippen molar-refractivity contribution in [2.75, 3.05) is 31.1 Å². The van der Waals surface area contributed by atoms with Crippen molar-refractivity contribution in [3.63, 3.8) is 0 Å². The molecule has 2 rings (SSSR count). The highest BCUT2D eigenvalue weighted by Gasteiger charge is 2.44. The van der Waals surface area contributed by atoms with Crippen molar-refractivity contribution in [2.45, 2.75) is 33.3 Å². The second-order valence-corrected chi connectivity index (χ2v) is 5.84. The molecule has 0 bridgehead atoms. The van der Waals surface area contributed by atoms with Gasteiger partial charge in [-0.25, -0.2) is 0 Å². The molecule has 0 radical (unpaired) electrons. The maximum Gasteiger partial charge on any atom is 0.366 e. The first-order chi connectivity index (χ1) is 10.8. The van der Waals surface area contributed by atoms with Crippen LogP contribution in [-0.2, 0) is 4.79 Å². The van der Waals surface area contributed by atoms with E-state index < -0.39 is 10.5 Å². The van der Waals surface area contributed by atoms with Gasteiger partial charge in [0, 0.05) is 19.2 Å². The lowest BCUT2D eigenvalue weighted by Gasteiger charge is -2.36. The monoisotopic (exact) mass is 322 g/mol. The topological polar surface area (TPSA) is 88.8 Å². The van der Waals surface area contributed by atoms with Gasteiger partial charge < -0.3 is 19.8 Å². The van der Waals surface area contributed by atoms with Gasteiger partial charge in [-0.05, 0) is 42.9 Å². The van der Waals surface area contributed by atoms with Crippen LogP contribution in [-0.4, -0.2) is 52.5 Å². The lowest BCUT2D eigenvalue weighted by atomic mass is 10.1. The van der Waals surface area contributed by atoms with E-state index in [2.05, 4.69) is 9.88 Å². The van der Waals surface area contributed by atoms with Crippen LogP contribution in [0.15, 0.2) is 12.1 Å². The molecule has 0 spiro atoms. The molecule has 0 saturated carbocycles. The van der Waals surface area contributed by atoms with Crippen molar-refractivity contribution in [1.29, 1.82) is 0 Å². The first-order valence-electron chi connectivity index (χ1n) is 7.69. The predicted molar refractivity (Wildman–Crippen MR) is 85.7 cm³/mol. The zero-order valence-corrected chi connectivity index (χ0v) is 13.9. The highest BCUT2D eigenvalue weighted by molar-refractivity contribution is 6.01. The summed E-state index contributed by atoms with van der Waals surface area (Å²) in [7, 11) is 0. The summed E-state index contributed by atoms with van der Waals surface area (Å²) in [6, 6.07) is 2.78. The van der Waals surface area contributed by atoms with Gasteiger partial charge in [-0.2, -0.15) is 0 Å². The number of pyridine rings is 1. The summed E-state index contributed by atoms with van der Waals surface area (Å²) in [5, 5.41) is 11.0. The highest BCUT2D eigenvalue weighted by Crippen LogP contribution is 2.37. The van der Waals surface area contributed by atoms with Crippen molar-refractivity contribution in [2.24, 2.45) is 0 Å². The molecule has 1 aromatic heterocycles. The third-order valence-corrected chi connectivity index (χ3v) is 3.93. The molecular weight excluding hydrogens is 300 g/mol. The van der Waals surface area contributed by atoms with Gasteiger partial charge in [-0.1, -0.05) is 13.8 Å². The van der Waals surface area contributed by atoms with Gasteiger partial charge in [-0.15, -0.1) is 0 Å². The van der Waals surface area contributed by atoms with Crippen molar-refractivity contribution in [1.82, 2.24) is 9.88 Å². The molecule has 0 fully saturated rings. The Morgan fingerprint density at radius 2 is 2.00 bits per heavy atom. The van der Waals surface area contributed by atoms with Crippen molar-refractivity contribution < 1.29 is 14.5 Å². The number of nitro groups is 1. The minimum atomic E-state index is -1.02. The van der Waals surface area contributed by atoms with Gasteiger partial charge in [-0.3, -0.25) is 9.69 Å². The lowest BCUT2D eigenvalue weighted by molar-refractivity contribution is -0.389. The van der Waals surface area contributed by atoms with Gasteiger partial charge in [0.25, 0.3) is 11.7 Å². The Balaban J connectivity index is 2.37. The van der Waals surface area contributed by atoms with E-state index in [9.17, 15) is 14.9 Å². The summed E-state index contributed by atoms with van der Waals surface area (Å²) in [5.74, 6) is 0.0632. The summed E-state index contributed by atoms with van der Waals surface area (Å²) in [5.41, 5.74) is -1.02. The van der Waals surface area contributed by atoms with E-state index in [-0.39, 0.29) is 17.5 Å². The molecule has 1 amide bonds. The molecule has 126 valence electrons. The number of aromatic nitrogens is 1. The maximum atomic E-state index is 12.7. The predicted octanol–water partition coefficient (Wildman–Crippen LogP) is 1.84. The second-order valence-electron chi connectivity index (χ2n) is 5.84. The van der Waals surface area contributed by atoms with Crippen LogP contribution in [0.4, 0.5) is 11.6 Å². The van der Waals surface area contributed by atoms with Crippen LogP contribution in [0.3, 0.4) is 0 Å². The van der Waals surface area contributed by atoms with E-state index in [1.165, 1.54) is 17.0 Å². The van der Waals surface area contributed by atoms with Crippen molar-refractivity contribution in [3.8, 4) is 5.75 Å². The minimum Gasteiger partial charge on any atom is -0.472 e. The van der Waals surface area contributed by atoms with Crippen molar-refractivity contribution >= 4 is 17.5 Å². The summed E-state index contributed by atoms with van der Waals surface area (Å²) >= 11 is 0. The van der Waals surface area contributed by atoms with Gasteiger partial charge in [0.1, 0.15) is 0 Å². The standard InChI is InChI=1S/C15H22N4O4/c1-5-17(6-2)9-10-18-13-11(23-15(3,4)14(18)20)7-8-12(16-13)19(21)22/h7-8H,5-6,9-10H2,1-4H3. The van der Waals surface area contributed by atoms with E-state index in [4.69, 9.17) is 4.74 Å². The fourth-order valence-corrected chi connectivity index (χ4v) is 2.53. The molecule has 0 aromatic carbocycles. The fourth-order valence-electron chi connectivity index (χ4n) is 2.53. The van der Waals surface area contributed by atoms with E-state index in [1.54, 1.807) is 13.8 Å². The number of carbonyl (C=O) groups excluding carboxylic acids is 1. The normalized spacial score (nSPS) is 16.2. The van der Waals surface area contributed by atoms with Gasteiger partial charge in [0.15, 0.2) is 11.4 Å². The molecule has 2 heterocycles. The first kappa shape index (κ1) is 17.1. The molecule has 23 heavy (non-hydrogen) atoms. The number of hydrogen-bond donors (Lipinski definition) is 0. The van der Waals surface area contributed by atoms with Crippen LogP contribution in [0.2, 0.25) is 0 Å². The van der Waals surface area contributed by atoms with E-state index >= 15 is 0 Å². The average molecular weight is 322 g/mol. The Hall–Kier alpha value is -2.22. The molecule has 1 aliphatic rings. The highest BCUT2D eigenvalue weighted by atomic mass is 16.6. The second kappa shape index (κ2) is 6.49. The molecule has 0 unspecified atom stereocenters. The molecule has 1 aromatic rings. The van der Waals surface area contributed by atoms with Crippen LogP contribution in [0.1, 0.15) is 27.7 Å². The fraction of sp³-hybridized carbons (Fsp3) is 0.600. The average Bonchev–Trinajstić information content (AvgIpc) is 2.50. The van der Waals surface area contributed by atoms with Crippen molar-refractivity contribution in [3.05, 3.63) is 22.2 Å². The number of carbonyl (C=O) groups is 1. The van der Waals surface area contributed by atoms with E-state index in [0.717, 1.165) is 13.1 Å². The van der Waals surface area contributed by atoms with Gasteiger partial charge >= 0.3 is 5.82 Å². The zero-order valence-electron chi connectivity index (χ0n) is 13.9. The number of rotatable bonds is 6. The summed E-state index contributed by atoms with van der Waals surface area (Å²) in [6.07, 6.45) is 0. The molecular formula is C15H22N4O4. The Morgan fingerprint density at radius 3 is 2.57 bits per heavy atom. The van der Waals surface area contributed by atoms with E-state index in [0.29, 0.717) is 18.8 Å². The Kier molecular flexibility index (Phi) is 4.84. The van der Waals surface area contributed by atoms with Crippen LogP contribution in [0.25, 0.3) is 0 Å². The van der Waals surface area contributed by atoms with Crippen LogP contribution >= 0.6 is 0 Å². The molecule has 8 nitrogen and oxygen atoms in total. The number of nitrogens with zero attached hydrogens (tertiary/aromatic N) is 4. The van der Waals surface area contributed by atoms with Crippen LogP contribution in [0.5, 0.6) is 5.75 Å². The minimum absolute atomic E-state index is 0.218. The van der Waals surface area contributed by atoms with Gasteiger partial charge in [0.05, 0.1) is 0 Å². The third kappa shape index (κ3) is 3.42. The number of ether oxygens (including phenoxy) is 1. The van der Waals surface area contributed by atoms with Crippen LogP contribution in [0, 0.1) is 10.1 Å². The number of anilines is 1. The first-order valence-corrected chi connectivity index (χ1v) is 7.69. The summed E-state index contributed by atoms with van der Waals surface area (Å²) in [4.78, 5) is 30.7. The number of likely N-dealkylation sites (N-methyl/N-ethyl adjacent to an activating group) is 1. The smallest absolute Gasteiger partial charge is 0.366 e. The quantitative estimate of drug-likeness (QED) is 0.586.